The minimum atomic E-state index is -0.361. The van der Waals surface area contributed by atoms with E-state index in [0.29, 0.717) is 17.9 Å². The Balaban J connectivity index is 1.21. The summed E-state index contributed by atoms with van der Waals surface area (Å²) < 4.78 is 26.8. The molecule has 7 rings (SSSR count). The zero-order valence-corrected chi connectivity index (χ0v) is 24.7. The van der Waals surface area contributed by atoms with Crippen LogP contribution in [0.5, 0.6) is 11.5 Å². The van der Waals surface area contributed by atoms with Crippen molar-refractivity contribution in [1.29, 1.82) is 0 Å². The van der Waals surface area contributed by atoms with Gasteiger partial charge in [0.05, 0.1) is 29.1 Å². The van der Waals surface area contributed by atoms with E-state index in [-0.39, 0.29) is 11.9 Å². The Bertz CT molecular complexity index is 1930. The van der Waals surface area contributed by atoms with E-state index in [4.69, 9.17) is 9.47 Å². The van der Waals surface area contributed by atoms with E-state index in [1.54, 1.807) is 18.6 Å². The molecule has 10 heteroatoms. The summed E-state index contributed by atoms with van der Waals surface area (Å²) in [6, 6.07) is 15.1. The Hall–Kier alpha value is -4.80. The maximum Gasteiger partial charge on any atom is 0.138 e. The number of rotatable bonds is 9. The first kappa shape index (κ1) is 28.0. The van der Waals surface area contributed by atoms with Crippen LogP contribution in [0.25, 0.3) is 55.4 Å². The van der Waals surface area contributed by atoms with Crippen molar-refractivity contribution in [2.24, 2.45) is 0 Å². The summed E-state index contributed by atoms with van der Waals surface area (Å²) in [6.45, 7) is 3.14. The lowest BCUT2D eigenvalue weighted by Crippen LogP contribution is -2.34. The number of aromatic amines is 2. The van der Waals surface area contributed by atoms with Crippen molar-refractivity contribution in [3.63, 3.8) is 0 Å². The molecule has 0 aliphatic carbocycles. The number of piperidine rings is 1. The molecule has 0 bridgehead atoms. The van der Waals surface area contributed by atoms with Crippen molar-refractivity contribution in [2.75, 3.05) is 40.3 Å². The summed E-state index contributed by atoms with van der Waals surface area (Å²) >= 11 is 0. The molecule has 4 aromatic heterocycles. The molecular formula is C34H34FN7O2. The Labute approximate surface area is 254 Å². The van der Waals surface area contributed by atoms with E-state index in [1.807, 2.05) is 49.5 Å². The lowest BCUT2D eigenvalue weighted by Gasteiger charge is -2.23. The second kappa shape index (κ2) is 12.1. The molecule has 0 saturated carbocycles. The summed E-state index contributed by atoms with van der Waals surface area (Å²) in [7, 11) is 3.94. The summed E-state index contributed by atoms with van der Waals surface area (Å²) in [5, 5.41) is 13.1. The van der Waals surface area contributed by atoms with Crippen molar-refractivity contribution < 1.29 is 13.9 Å². The lowest BCUT2D eigenvalue weighted by atomic mass is 10.0. The third kappa shape index (κ3) is 5.86. The fraction of sp³-hybridized carbons (Fsp3) is 0.265. The van der Waals surface area contributed by atoms with Gasteiger partial charge in [-0.05, 0) is 87.6 Å². The van der Waals surface area contributed by atoms with Gasteiger partial charge >= 0.3 is 0 Å². The number of benzene rings is 2. The van der Waals surface area contributed by atoms with Crippen molar-refractivity contribution in [1.82, 2.24) is 35.4 Å². The molecule has 224 valence electrons. The highest BCUT2D eigenvalue weighted by molar-refractivity contribution is 6.01. The van der Waals surface area contributed by atoms with Crippen LogP contribution in [0.2, 0.25) is 0 Å². The largest absolute Gasteiger partial charge is 0.492 e. The quantitative estimate of drug-likeness (QED) is 0.188. The van der Waals surface area contributed by atoms with Crippen molar-refractivity contribution >= 4 is 21.8 Å². The second-order valence-electron chi connectivity index (χ2n) is 11.5. The van der Waals surface area contributed by atoms with E-state index >= 15 is 0 Å². The highest BCUT2D eigenvalue weighted by Gasteiger charge is 2.17. The van der Waals surface area contributed by atoms with Crippen LogP contribution in [-0.2, 0) is 0 Å². The van der Waals surface area contributed by atoms with Gasteiger partial charge in [0.15, 0.2) is 0 Å². The van der Waals surface area contributed by atoms with Crippen LogP contribution in [0, 0.1) is 5.82 Å². The number of halogens is 1. The predicted molar refractivity (Wildman–Crippen MR) is 170 cm³/mol. The average molecular weight is 592 g/mol. The number of H-pyrrole nitrogens is 2. The van der Waals surface area contributed by atoms with Gasteiger partial charge < -0.3 is 24.7 Å². The highest BCUT2D eigenvalue weighted by atomic mass is 19.1. The number of hydrogen-bond donors (Lipinski definition) is 3. The Morgan fingerprint density at radius 1 is 0.841 bits per heavy atom. The molecule has 1 aliphatic rings. The number of ether oxygens (including phenoxy) is 2. The normalized spacial score (nSPS) is 14.1. The van der Waals surface area contributed by atoms with Crippen LogP contribution in [0.4, 0.5) is 4.39 Å². The molecule has 5 heterocycles. The molecule has 0 spiro atoms. The van der Waals surface area contributed by atoms with Gasteiger partial charge in [0.25, 0.3) is 0 Å². The predicted octanol–water partition coefficient (Wildman–Crippen LogP) is 6.05. The van der Waals surface area contributed by atoms with Gasteiger partial charge in [-0.15, -0.1) is 0 Å². The van der Waals surface area contributed by atoms with Gasteiger partial charge in [0, 0.05) is 46.9 Å². The monoisotopic (exact) mass is 591 g/mol. The molecule has 2 aromatic carbocycles. The van der Waals surface area contributed by atoms with Crippen molar-refractivity contribution in [3.8, 4) is 45.1 Å². The molecule has 6 aromatic rings. The standard InChI is InChI=1S/C34H34FN7O2/c1-42(2)9-10-43-26-12-22(11-24(35)15-26)30-19-38-20-33-28(30)16-32(39-33)34-29-14-21(3-4-31(29)40-41-34)23-13-27(18-37-17-23)44-25-5-7-36-8-6-25/h3-4,11-20,25,36,39H,5-10H2,1-2H3,(H,40,41). The highest BCUT2D eigenvalue weighted by Crippen LogP contribution is 2.36. The fourth-order valence-electron chi connectivity index (χ4n) is 5.70. The maximum atomic E-state index is 14.7. The van der Waals surface area contributed by atoms with Gasteiger partial charge in [0.1, 0.15) is 35.7 Å². The second-order valence-corrected chi connectivity index (χ2v) is 11.5. The van der Waals surface area contributed by atoms with Crippen LogP contribution in [0.3, 0.4) is 0 Å². The average Bonchev–Trinajstić information content (AvgIpc) is 3.65. The number of likely N-dealkylation sites (N-methyl/N-ethyl adjacent to an activating group) is 1. The van der Waals surface area contributed by atoms with E-state index in [9.17, 15) is 4.39 Å². The summed E-state index contributed by atoms with van der Waals surface area (Å²) in [5.41, 5.74) is 6.85. The van der Waals surface area contributed by atoms with E-state index in [2.05, 4.69) is 42.6 Å². The molecule has 0 amide bonds. The van der Waals surface area contributed by atoms with Gasteiger partial charge in [0.2, 0.25) is 0 Å². The van der Waals surface area contributed by atoms with Crippen LogP contribution < -0.4 is 14.8 Å². The van der Waals surface area contributed by atoms with E-state index < -0.39 is 0 Å². The molecule has 1 aliphatic heterocycles. The number of nitrogens with one attached hydrogen (secondary N) is 3. The van der Waals surface area contributed by atoms with Gasteiger partial charge in [-0.2, -0.15) is 5.10 Å². The number of aromatic nitrogens is 5. The number of nitrogens with zero attached hydrogens (tertiary/aromatic N) is 4. The Morgan fingerprint density at radius 3 is 2.55 bits per heavy atom. The van der Waals surface area contributed by atoms with Crippen molar-refractivity contribution in [3.05, 3.63) is 79.1 Å². The molecule has 0 radical (unpaired) electrons. The summed E-state index contributed by atoms with van der Waals surface area (Å²) in [6.07, 6.45) is 9.34. The number of fused-ring (bicyclic) bond motifs is 2. The van der Waals surface area contributed by atoms with Crippen LogP contribution >= 0.6 is 0 Å². The minimum Gasteiger partial charge on any atom is -0.492 e. The molecular weight excluding hydrogens is 557 g/mol. The number of hydrogen-bond acceptors (Lipinski definition) is 7. The molecule has 9 nitrogen and oxygen atoms in total. The first-order valence-corrected chi connectivity index (χ1v) is 14.9. The zero-order chi connectivity index (χ0) is 30.0. The summed E-state index contributed by atoms with van der Waals surface area (Å²) in [5.74, 6) is 0.905. The SMILES string of the molecule is CN(C)CCOc1cc(F)cc(-c2cncc3[nH]c(-c4n[nH]c5ccc(-c6cncc(OC7CCNCC7)c6)cc45)cc23)c1. The van der Waals surface area contributed by atoms with E-state index in [0.717, 1.165) is 88.1 Å². The molecule has 0 atom stereocenters. The Kier molecular flexibility index (Phi) is 7.68. The van der Waals surface area contributed by atoms with Crippen LogP contribution in [0.1, 0.15) is 12.8 Å². The van der Waals surface area contributed by atoms with Crippen LogP contribution in [0.15, 0.2) is 73.3 Å². The zero-order valence-electron chi connectivity index (χ0n) is 24.7. The lowest BCUT2D eigenvalue weighted by molar-refractivity contribution is 0.162. The summed E-state index contributed by atoms with van der Waals surface area (Å²) in [4.78, 5) is 14.4. The smallest absolute Gasteiger partial charge is 0.138 e. The maximum absolute atomic E-state index is 14.7. The molecule has 3 N–H and O–H groups in total. The van der Waals surface area contributed by atoms with Gasteiger partial charge in [-0.3, -0.25) is 15.1 Å². The van der Waals surface area contributed by atoms with Gasteiger partial charge in [-0.25, -0.2) is 4.39 Å². The topological polar surface area (TPSA) is 104 Å². The molecule has 0 unspecified atom stereocenters. The third-order valence-electron chi connectivity index (χ3n) is 7.99. The third-order valence-corrected chi connectivity index (χ3v) is 7.99. The Morgan fingerprint density at radius 2 is 1.68 bits per heavy atom. The molecule has 1 saturated heterocycles. The van der Waals surface area contributed by atoms with Crippen molar-refractivity contribution in [2.45, 2.75) is 18.9 Å². The fourth-order valence-corrected chi connectivity index (χ4v) is 5.70. The molecule has 1 fully saturated rings. The molecule has 44 heavy (non-hydrogen) atoms. The van der Waals surface area contributed by atoms with E-state index in [1.165, 1.54) is 12.1 Å². The van der Waals surface area contributed by atoms with Gasteiger partial charge in [-0.1, -0.05) is 6.07 Å². The number of pyridine rings is 2. The van der Waals surface area contributed by atoms with Crippen LogP contribution in [-0.4, -0.2) is 76.5 Å². The first-order chi connectivity index (χ1) is 21.5. The minimum absolute atomic E-state index is 0.201. The first-order valence-electron chi connectivity index (χ1n) is 14.9.